The lowest BCUT2D eigenvalue weighted by atomic mass is 10.1. The van der Waals surface area contributed by atoms with Crippen LogP contribution in [-0.4, -0.2) is 21.5 Å². The number of ketones is 1. The highest BCUT2D eigenvalue weighted by molar-refractivity contribution is 5.95. The molecular weight excluding hydrogens is 361 g/mol. The number of aromatic nitrogens is 2. The van der Waals surface area contributed by atoms with E-state index in [-0.39, 0.29) is 35.9 Å². The number of anilines is 1. The second-order valence-corrected chi connectivity index (χ2v) is 6.51. The van der Waals surface area contributed by atoms with Crippen molar-refractivity contribution in [3.63, 3.8) is 0 Å². The van der Waals surface area contributed by atoms with Gasteiger partial charge in [0.15, 0.2) is 5.78 Å². The van der Waals surface area contributed by atoms with Crippen molar-refractivity contribution in [2.45, 2.75) is 26.7 Å². The highest BCUT2D eigenvalue weighted by Gasteiger charge is 2.14. The van der Waals surface area contributed by atoms with Crippen molar-refractivity contribution in [2.75, 3.05) is 5.32 Å². The van der Waals surface area contributed by atoms with Gasteiger partial charge < -0.3 is 5.32 Å². The van der Waals surface area contributed by atoms with Gasteiger partial charge in [-0.25, -0.2) is 9.07 Å². The zero-order valence-electron chi connectivity index (χ0n) is 15.6. The van der Waals surface area contributed by atoms with Gasteiger partial charge >= 0.3 is 0 Å². The second kappa shape index (κ2) is 8.04. The SMILES string of the molecule is CC(=O)c1ccc(NC(=O)CCc2c(C)[nH]n(-c3ccc(F)cc3)c2=O)cc1. The van der Waals surface area contributed by atoms with Gasteiger partial charge in [-0.05, 0) is 68.8 Å². The van der Waals surface area contributed by atoms with Crippen molar-refractivity contribution in [1.29, 1.82) is 0 Å². The highest BCUT2D eigenvalue weighted by atomic mass is 19.1. The van der Waals surface area contributed by atoms with E-state index in [1.165, 1.54) is 35.9 Å². The van der Waals surface area contributed by atoms with Crippen molar-refractivity contribution in [2.24, 2.45) is 0 Å². The van der Waals surface area contributed by atoms with Crippen molar-refractivity contribution in [3.05, 3.63) is 81.5 Å². The maximum absolute atomic E-state index is 13.1. The Labute approximate surface area is 161 Å². The second-order valence-electron chi connectivity index (χ2n) is 6.51. The van der Waals surface area contributed by atoms with Crippen LogP contribution >= 0.6 is 0 Å². The molecule has 28 heavy (non-hydrogen) atoms. The van der Waals surface area contributed by atoms with Gasteiger partial charge in [0, 0.05) is 28.9 Å². The van der Waals surface area contributed by atoms with Crippen LogP contribution in [0.25, 0.3) is 5.69 Å². The van der Waals surface area contributed by atoms with Crippen LogP contribution in [0.5, 0.6) is 0 Å². The van der Waals surface area contributed by atoms with Crippen LogP contribution in [0.3, 0.4) is 0 Å². The fraction of sp³-hybridized carbons (Fsp3) is 0.190. The Morgan fingerprint density at radius 1 is 1.07 bits per heavy atom. The number of carbonyl (C=O) groups is 2. The number of hydrogen-bond donors (Lipinski definition) is 2. The molecule has 0 spiro atoms. The van der Waals surface area contributed by atoms with Crippen LogP contribution in [0.1, 0.15) is 35.0 Å². The number of carbonyl (C=O) groups excluding carboxylic acids is 2. The van der Waals surface area contributed by atoms with E-state index in [0.717, 1.165) is 0 Å². The van der Waals surface area contributed by atoms with Gasteiger partial charge in [0.25, 0.3) is 5.56 Å². The lowest BCUT2D eigenvalue weighted by Crippen LogP contribution is -2.19. The third-order valence-electron chi connectivity index (χ3n) is 4.46. The number of nitrogens with one attached hydrogen (secondary N) is 2. The molecular formula is C21H20FN3O3. The molecule has 0 aliphatic heterocycles. The van der Waals surface area contributed by atoms with Crippen molar-refractivity contribution >= 4 is 17.4 Å². The van der Waals surface area contributed by atoms with Crippen LogP contribution in [0.15, 0.2) is 53.3 Å². The van der Waals surface area contributed by atoms with Gasteiger partial charge in [0.2, 0.25) is 5.91 Å². The third-order valence-corrected chi connectivity index (χ3v) is 4.46. The topological polar surface area (TPSA) is 84.0 Å². The normalized spacial score (nSPS) is 10.7. The number of H-pyrrole nitrogens is 1. The molecule has 0 atom stereocenters. The van der Waals surface area contributed by atoms with E-state index in [9.17, 15) is 18.8 Å². The third kappa shape index (κ3) is 4.25. The monoisotopic (exact) mass is 381 g/mol. The minimum atomic E-state index is -0.381. The first-order valence-corrected chi connectivity index (χ1v) is 8.82. The highest BCUT2D eigenvalue weighted by Crippen LogP contribution is 2.13. The van der Waals surface area contributed by atoms with Crippen molar-refractivity contribution < 1.29 is 14.0 Å². The molecule has 2 aromatic carbocycles. The van der Waals surface area contributed by atoms with Crippen LogP contribution < -0.4 is 10.9 Å². The minimum absolute atomic E-state index is 0.0433. The lowest BCUT2D eigenvalue weighted by Gasteiger charge is -2.05. The summed E-state index contributed by atoms with van der Waals surface area (Å²) >= 11 is 0. The molecule has 3 aromatic rings. The Hall–Kier alpha value is -3.48. The van der Waals surface area contributed by atoms with E-state index in [1.807, 2.05) is 0 Å². The zero-order chi connectivity index (χ0) is 20.3. The summed E-state index contributed by atoms with van der Waals surface area (Å²) in [5.41, 5.74) is 2.59. The average Bonchev–Trinajstić information content (AvgIpc) is 2.95. The molecule has 1 heterocycles. The number of hydrogen-bond acceptors (Lipinski definition) is 3. The molecule has 6 nitrogen and oxygen atoms in total. The first kappa shape index (κ1) is 19.3. The summed E-state index contributed by atoms with van der Waals surface area (Å²) in [6.45, 7) is 3.24. The Balaban J connectivity index is 1.67. The summed E-state index contributed by atoms with van der Waals surface area (Å²) in [6.07, 6.45) is 0.401. The average molecular weight is 381 g/mol. The Morgan fingerprint density at radius 3 is 2.32 bits per heavy atom. The Kier molecular flexibility index (Phi) is 5.54. The van der Waals surface area contributed by atoms with Gasteiger partial charge in [0.05, 0.1) is 5.69 Å². The molecule has 0 saturated carbocycles. The Bertz CT molecular complexity index is 1060. The molecule has 7 heteroatoms. The molecule has 1 aromatic heterocycles. The minimum Gasteiger partial charge on any atom is -0.326 e. The maximum atomic E-state index is 13.1. The van der Waals surface area contributed by atoms with Gasteiger partial charge in [-0.1, -0.05) is 0 Å². The van der Waals surface area contributed by atoms with Gasteiger partial charge in [0.1, 0.15) is 5.82 Å². The molecule has 0 unspecified atom stereocenters. The molecule has 2 N–H and O–H groups in total. The summed E-state index contributed by atoms with van der Waals surface area (Å²) in [6, 6.07) is 12.2. The predicted octanol–water partition coefficient (Wildman–Crippen LogP) is 3.39. The van der Waals surface area contributed by atoms with Crippen molar-refractivity contribution in [1.82, 2.24) is 9.78 Å². The van der Waals surface area contributed by atoms with Crippen LogP contribution in [0.4, 0.5) is 10.1 Å². The van der Waals surface area contributed by atoms with Gasteiger partial charge in [-0.15, -0.1) is 0 Å². The molecule has 0 fully saturated rings. The van der Waals surface area contributed by atoms with Crippen LogP contribution in [0.2, 0.25) is 0 Å². The maximum Gasteiger partial charge on any atom is 0.274 e. The molecule has 0 saturated heterocycles. The van der Waals surface area contributed by atoms with E-state index in [0.29, 0.717) is 28.2 Å². The largest absolute Gasteiger partial charge is 0.326 e. The fourth-order valence-corrected chi connectivity index (χ4v) is 2.90. The van der Waals surface area contributed by atoms with E-state index in [4.69, 9.17) is 0 Å². The van der Waals surface area contributed by atoms with Gasteiger partial charge in [-0.2, -0.15) is 0 Å². The summed E-state index contributed by atoms with van der Waals surface area (Å²) in [5.74, 6) is -0.657. The van der Waals surface area contributed by atoms with Crippen molar-refractivity contribution in [3.8, 4) is 5.69 Å². The first-order valence-electron chi connectivity index (χ1n) is 8.82. The number of halogens is 1. The quantitative estimate of drug-likeness (QED) is 0.642. The first-order chi connectivity index (χ1) is 13.3. The van der Waals surface area contributed by atoms with E-state index < -0.39 is 0 Å². The number of Topliss-reactive ketones (excluding diaryl/α,β-unsaturated/α-hetero) is 1. The molecule has 0 aliphatic rings. The predicted molar refractivity (Wildman–Crippen MR) is 104 cm³/mol. The molecule has 3 rings (SSSR count). The van der Waals surface area contributed by atoms with Crippen LogP contribution in [-0.2, 0) is 11.2 Å². The number of aromatic amines is 1. The number of amides is 1. The summed E-state index contributed by atoms with van der Waals surface area (Å²) in [5, 5.41) is 5.71. The lowest BCUT2D eigenvalue weighted by molar-refractivity contribution is -0.116. The number of nitrogens with zero attached hydrogens (tertiary/aromatic N) is 1. The summed E-state index contributed by atoms with van der Waals surface area (Å²) in [7, 11) is 0. The number of aryl methyl sites for hydroxylation is 1. The summed E-state index contributed by atoms with van der Waals surface area (Å²) in [4.78, 5) is 36.1. The van der Waals surface area contributed by atoms with E-state index >= 15 is 0 Å². The zero-order valence-corrected chi connectivity index (χ0v) is 15.6. The standard InChI is InChI=1S/C21H20FN3O3/c1-13-19(21(28)25(24-13)18-9-5-16(22)6-10-18)11-12-20(27)23-17-7-3-15(4-8-17)14(2)26/h3-10,24H,11-12H2,1-2H3,(H,23,27). The Morgan fingerprint density at radius 2 is 1.71 bits per heavy atom. The molecule has 144 valence electrons. The molecule has 0 radical (unpaired) electrons. The molecule has 0 aliphatic carbocycles. The van der Waals surface area contributed by atoms with Gasteiger partial charge in [-0.3, -0.25) is 19.5 Å². The molecule has 0 bridgehead atoms. The number of benzene rings is 2. The number of rotatable bonds is 6. The molecule has 1 amide bonds. The smallest absolute Gasteiger partial charge is 0.274 e. The fourth-order valence-electron chi connectivity index (χ4n) is 2.90. The summed E-state index contributed by atoms with van der Waals surface area (Å²) < 4.78 is 14.4. The van der Waals surface area contributed by atoms with E-state index in [1.54, 1.807) is 31.2 Å². The van der Waals surface area contributed by atoms with Crippen LogP contribution in [0, 0.1) is 12.7 Å². The van der Waals surface area contributed by atoms with E-state index in [2.05, 4.69) is 10.4 Å².